The van der Waals surface area contributed by atoms with Gasteiger partial charge in [0.05, 0.1) is 6.42 Å². The molecule has 2 saturated heterocycles. The Morgan fingerprint density at radius 1 is 0.976 bits per heavy atom. The van der Waals surface area contributed by atoms with Gasteiger partial charge < -0.3 is 30.1 Å². The molecule has 2 N–H and O–H groups in total. The Bertz CT molecular complexity index is 1030. The third-order valence-corrected chi connectivity index (χ3v) is 8.38. The molecule has 6 atom stereocenters. The van der Waals surface area contributed by atoms with Crippen LogP contribution in [0.3, 0.4) is 0 Å². The number of likely N-dealkylation sites (N-methyl/N-ethyl adjacent to an activating group) is 2. The van der Waals surface area contributed by atoms with Crippen LogP contribution in [0.4, 0.5) is 0 Å². The van der Waals surface area contributed by atoms with E-state index in [9.17, 15) is 28.8 Å². The summed E-state index contributed by atoms with van der Waals surface area (Å²) in [5, 5.41) is 5.54. The highest BCUT2D eigenvalue weighted by Gasteiger charge is 2.41. The van der Waals surface area contributed by atoms with Crippen molar-refractivity contribution >= 4 is 35.5 Å². The van der Waals surface area contributed by atoms with Crippen LogP contribution in [0.25, 0.3) is 0 Å². The molecule has 2 unspecified atom stereocenters. The summed E-state index contributed by atoms with van der Waals surface area (Å²) in [7, 11) is 3.03. The van der Waals surface area contributed by atoms with Crippen LogP contribution >= 0.6 is 0 Å². The van der Waals surface area contributed by atoms with Crippen LogP contribution in [-0.2, 0) is 33.5 Å². The average Bonchev–Trinajstić information content (AvgIpc) is 2.96. The highest BCUT2D eigenvalue weighted by Crippen LogP contribution is 2.23. The van der Waals surface area contributed by atoms with Crippen molar-refractivity contribution in [3.63, 3.8) is 0 Å². The van der Waals surface area contributed by atoms with Crippen molar-refractivity contribution in [3.05, 3.63) is 12.7 Å². The molecule has 0 saturated carbocycles. The number of amides is 5. The number of carbonyl (C=O) groups excluding carboxylic acids is 6. The molecule has 0 aliphatic carbocycles. The molecular weight excluding hydrogens is 542 g/mol. The Hall–Kier alpha value is -3.44. The first-order chi connectivity index (χ1) is 19.8. The number of hydrogen-bond donors (Lipinski definition) is 2. The Morgan fingerprint density at radius 3 is 2.24 bits per heavy atom. The highest BCUT2D eigenvalue weighted by molar-refractivity contribution is 5.96. The maximum atomic E-state index is 14.0. The lowest BCUT2D eigenvalue weighted by Gasteiger charge is -2.39. The smallest absolute Gasteiger partial charge is 0.308 e. The second-order valence-electron chi connectivity index (χ2n) is 11.7. The minimum absolute atomic E-state index is 0.0566. The van der Waals surface area contributed by atoms with Crippen molar-refractivity contribution in [2.45, 2.75) is 103 Å². The molecule has 2 aliphatic heterocycles. The van der Waals surface area contributed by atoms with Crippen molar-refractivity contribution in [1.29, 1.82) is 0 Å². The number of ether oxygens (including phenoxy) is 1. The van der Waals surface area contributed by atoms with E-state index in [4.69, 9.17) is 4.74 Å². The second kappa shape index (κ2) is 15.7. The summed E-state index contributed by atoms with van der Waals surface area (Å²) in [5.74, 6) is -3.56. The zero-order chi connectivity index (χ0) is 31.7. The molecule has 2 aliphatic rings. The van der Waals surface area contributed by atoms with Crippen LogP contribution in [0.2, 0.25) is 0 Å². The number of fused-ring (bicyclic) bond motifs is 1. The summed E-state index contributed by atoms with van der Waals surface area (Å²) in [4.78, 5) is 84.5. The van der Waals surface area contributed by atoms with Crippen LogP contribution in [0, 0.1) is 11.8 Å². The van der Waals surface area contributed by atoms with E-state index in [0.717, 1.165) is 0 Å². The number of piperidine rings is 1. The van der Waals surface area contributed by atoms with E-state index in [1.165, 1.54) is 34.9 Å². The van der Waals surface area contributed by atoms with Crippen LogP contribution in [-0.4, -0.2) is 108 Å². The number of nitrogens with one attached hydrogen (secondary N) is 2. The van der Waals surface area contributed by atoms with Crippen LogP contribution in [0.15, 0.2) is 12.7 Å². The minimum Gasteiger partial charge on any atom is -0.452 e. The predicted octanol–water partition coefficient (Wildman–Crippen LogP) is 1.24. The van der Waals surface area contributed by atoms with Gasteiger partial charge in [-0.2, -0.15) is 0 Å². The molecule has 0 aromatic rings. The number of rotatable bonds is 5. The molecule has 2 fully saturated rings. The summed E-state index contributed by atoms with van der Waals surface area (Å²) < 4.78 is 5.49. The molecule has 12 heteroatoms. The molecule has 0 aromatic carbocycles. The van der Waals surface area contributed by atoms with E-state index in [-0.39, 0.29) is 31.2 Å². The van der Waals surface area contributed by atoms with Gasteiger partial charge in [0, 0.05) is 33.6 Å². The highest BCUT2D eigenvalue weighted by atomic mass is 16.5. The average molecular weight is 592 g/mol. The van der Waals surface area contributed by atoms with Gasteiger partial charge in [0.2, 0.25) is 23.6 Å². The molecular formula is C30H49N5O7. The predicted molar refractivity (Wildman–Crippen MR) is 157 cm³/mol. The zero-order valence-corrected chi connectivity index (χ0v) is 26.2. The van der Waals surface area contributed by atoms with Gasteiger partial charge in [0.1, 0.15) is 24.2 Å². The molecule has 42 heavy (non-hydrogen) atoms. The fourth-order valence-corrected chi connectivity index (χ4v) is 5.42. The third-order valence-electron chi connectivity index (χ3n) is 8.38. The Morgan fingerprint density at radius 2 is 1.64 bits per heavy atom. The Kier molecular flexibility index (Phi) is 13.0. The first-order valence-corrected chi connectivity index (χ1v) is 15.0. The molecule has 12 nitrogen and oxygen atoms in total. The quantitative estimate of drug-likeness (QED) is 0.361. The number of esters is 1. The molecule has 0 radical (unpaired) electrons. The number of nitrogens with zero attached hydrogens (tertiary/aromatic N) is 3. The Balaban J connectivity index is 2.56. The minimum atomic E-state index is -1.17. The second-order valence-corrected chi connectivity index (χ2v) is 11.7. The van der Waals surface area contributed by atoms with Crippen LogP contribution in [0.5, 0.6) is 0 Å². The lowest BCUT2D eigenvalue weighted by Crippen LogP contribution is -2.61. The largest absolute Gasteiger partial charge is 0.452 e. The lowest BCUT2D eigenvalue weighted by molar-refractivity contribution is -0.163. The van der Waals surface area contributed by atoms with Crippen molar-refractivity contribution < 1.29 is 33.5 Å². The number of carbonyl (C=O) groups is 6. The summed E-state index contributed by atoms with van der Waals surface area (Å²) in [6.45, 7) is 12.9. The molecule has 5 amide bonds. The van der Waals surface area contributed by atoms with E-state index in [1.54, 1.807) is 6.92 Å². The number of hydrogen-bond acceptors (Lipinski definition) is 7. The van der Waals surface area contributed by atoms with Gasteiger partial charge in [-0.05, 0) is 38.0 Å². The Labute approximate surface area is 249 Å². The monoisotopic (exact) mass is 591 g/mol. The van der Waals surface area contributed by atoms with Gasteiger partial charge in [-0.3, -0.25) is 28.8 Å². The maximum absolute atomic E-state index is 14.0. The lowest BCUT2D eigenvalue weighted by atomic mass is 9.93. The molecule has 0 aromatic heterocycles. The zero-order valence-electron chi connectivity index (χ0n) is 26.2. The fraction of sp³-hybridized carbons (Fsp3) is 0.733. The van der Waals surface area contributed by atoms with Gasteiger partial charge in [0.15, 0.2) is 6.10 Å². The van der Waals surface area contributed by atoms with E-state index in [2.05, 4.69) is 17.2 Å². The summed E-state index contributed by atoms with van der Waals surface area (Å²) >= 11 is 0. The summed E-state index contributed by atoms with van der Waals surface area (Å²) in [6.07, 6.45) is 2.52. The fourth-order valence-electron chi connectivity index (χ4n) is 5.42. The van der Waals surface area contributed by atoms with Gasteiger partial charge in [-0.15, -0.1) is 6.58 Å². The van der Waals surface area contributed by atoms with E-state index in [0.29, 0.717) is 32.2 Å². The molecule has 236 valence electrons. The van der Waals surface area contributed by atoms with E-state index < -0.39 is 65.8 Å². The summed E-state index contributed by atoms with van der Waals surface area (Å²) in [6, 6.07) is -3.59. The van der Waals surface area contributed by atoms with Crippen molar-refractivity contribution in [3.8, 4) is 0 Å². The van der Waals surface area contributed by atoms with Gasteiger partial charge in [-0.1, -0.05) is 40.2 Å². The number of cyclic esters (lactones) is 1. The molecule has 2 heterocycles. The van der Waals surface area contributed by atoms with E-state index >= 15 is 0 Å². The van der Waals surface area contributed by atoms with Crippen molar-refractivity contribution in [2.75, 3.05) is 27.2 Å². The molecule has 0 bridgehead atoms. The topological polar surface area (TPSA) is 145 Å². The van der Waals surface area contributed by atoms with Gasteiger partial charge >= 0.3 is 5.97 Å². The normalized spacial score (nSPS) is 28.7. The first-order valence-electron chi connectivity index (χ1n) is 15.0. The first kappa shape index (κ1) is 34.8. The van der Waals surface area contributed by atoms with Crippen molar-refractivity contribution in [1.82, 2.24) is 25.3 Å². The van der Waals surface area contributed by atoms with Crippen LogP contribution in [0.1, 0.15) is 73.1 Å². The van der Waals surface area contributed by atoms with Gasteiger partial charge in [0.25, 0.3) is 5.91 Å². The third kappa shape index (κ3) is 8.32. The standard InChI is InChI=1S/C30H49N5O7/c1-9-13-22-28(39)35-17-12-11-14-21(35)27(38)32-24(19(5)10-2)29(40)34(8)25(18(3)4)30(41)33(7)20(6)26(37)31-16-15-23(36)42-22/h9,18-22,24-25H,1,10-17H2,2-8H3,(H,31,37)(H,32,38)/t19?,20-,21-,22+,24-,25?/m0/s1. The molecule has 2 rings (SSSR count). The SMILES string of the molecule is C=CC[C@H]1OC(=O)CCNC(=O)[C@H](C)N(C)C(=O)C(C(C)C)N(C)C(=O)[C@H](C(C)CC)NC(=O)[C@@H]2CCCCN2C1=O. The van der Waals surface area contributed by atoms with Crippen molar-refractivity contribution in [2.24, 2.45) is 11.8 Å². The van der Waals surface area contributed by atoms with Crippen LogP contribution < -0.4 is 10.6 Å². The van der Waals surface area contributed by atoms with Gasteiger partial charge in [-0.25, -0.2) is 0 Å². The molecule has 0 spiro atoms. The summed E-state index contributed by atoms with van der Waals surface area (Å²) in [5.41, 5.74) is 0. The maximum Gasteiger partial charge on any atom is 0.308 e. The van der Waals surface area contributed by atoms with E-state index in [1.807, 2.05) is 27.7 Å².